The van der Waals surface area contributed by atoms with E-state index in [1.807, 2.05) is 41.3 Å². The first-order valence-corrected chi connectivity index (χ1v) is 9.59. The van der Waals surface area contributed by atoms with Crippen LogP contribution in [0, 0.1) is 5.92 Å². The fourth-order valence-corrected chi connectivity index (χ4v) is 3.77. The Morgan fingerprint density at radius 3 is 2.21 bits per heavy atom. The van der Waals surface area contributed by atoms with E-state index in [2.05, 4.69) is 22.8 Å². The van der Waals surface area contributed by atoms with Gasteiger partial charge in [-0.15, -0.1) is 12.4 Å². The molecule has 0 saturated carbocycles. The van der Waals surface area contributed by atoms with Crippen LogP contribution in [0.3, 0.4) is 0 Å². The number of benzene rings is 2. The maximum Gasteiger partial charge on any atom is 0.320 e. The molecule has 0 aromatic heterocycles. The third-order valence-corrected chi connectivity index (χ3v) is 5.25. The van der Waals surface area contributed by atoms with Crippen molar-refractivity contribution in [3.8, 4) is 0 Å². The van der Waals surface area contributed by atoms with Crippen molar-refractivity contribution in [2.75, 3.05) is 25.0 Å². The molecule has 1 fully saturated rings. The molecule has 0 radical (unpaired) electrons. The molecule has 1 heterocycles. The number of rotatable bonds is 5. The van der Waals surface area contributed by atoms with E-state index >= 15 is 0 Å². The minimum atomic E-state index is -1.02. The minimum Gasteiger partial charge on any atom is -0.340 e. The maximum atomic E-state index is 13.1. The maximum absolute atomic E-state index is 13.1. The van der Waals surface area contributed by atoms with Gasteiger partial charge in [0.05, 0.1) is 0 Å². The number of nitrogens with one attached hydrogen (secondary N) is 2. The Kier molecular flexibility index (Phi) is 7.65. The standard InChI is InChI=1S/C22H28N4O2.ClH/c1-22(2,25-21(28)24-18-11-7-4-8-12-18)20(27)26-14-17(13-23)19(15-26)16-9-5-3-6-10-16;/h3-12,17,19H,13-15,23H2,1-2H3,(H2,24,25,28);1H/t17-,19+;/m1./s1. The predicted molar refractivity (Wildman–Crippen MR) is 118 cm³/mol. The van der Waals surface area contributed by atoms with E-state index in [1.165, 1.54) is 5.56 Å². The molecule has 7 heteroatoms. The number of hydrogen-bond donors (Lipinski definition) is 3. The van der Waals surface area contributed by atoms with Crippen molar-refractivity contribution in [3.05, 3.63) is 66.2 Å². The van der Waals surface area contributed by atoms with Crippen LogP contribution in [-0.4, -0.2) is 42.0 Å². The Morgan fingerprint density at radius 2 is 1.62 bits per heavy atom. The summed E-state index contributed by atoms with van der Waals surface area (Å²) in [5, 5.41) is 5.55. The van der Waals surface area contributed by atoms with Crippen LogP contribution < -0.4 is 16.4 Å². The zero-order chi connectivity index (χ0) is 20.1. The van der Waals surface area contributed by atoms with Crippen LogP contribution in [0.15, 0.2) is 60.7 Å². The Balaban J connectivity index is 0.00000300. The molecule has 4 N–H and O–H groups in total. The SMILES string of the molecule is CC(C)(NC(=O)Nc1ccccc1)C(=O)N1C[C@@H](CN)[C@H](c2ccccc2)C1.Cl. The number of nitrogens with zero attached hydrogens (tertiary/aromatic N) is 1. The van der Waals surface area contributed by atoms with E-state index in [4.69, 9.17) is 5.73 Å². The molecule has 0 unspecified atom stereocenters. The van der Waals surface area contributed by atoms with Gasteiger partial charge in [0.15, 0.2) is 0 Å². The number of carbonyl (C=O) groups excluding carboxylic acids is 2. The van der Waals surface area contributed by atoms with Gasteiger partial charge in [-0.1, -0.05) is 48.5 Å². The van der Waals surface area contributed by atoms with Gasteiger partial charge in [-0.25, -0.2) is 4.79 Å². The van der Waals surface area contributed by atoms with Crippen LogP contribution in [0.25, 0.3) is 0 Å². The summed E-state index contributed by atoms with van der Waals surface area (Å²) in [6, 6.07) is 18.9. The zero-order valence-corrected chi connectivity index (χ0v) is 17.6. The highest BCUT2D eigenvalue weighted by Gasteiger charge is 2.41. The van der Waals surface area contributed by atoms with Gasteiger partial charge in [0, 0.05) is 24.7 Å². The number of anilines is 1. The fraction of sp³-hybridized carbons (Fsp3) is 0.364. The molecule has 0 aliphatic carbocycles. The molecule has 29 heavy (non-hydrogen) atoms. The van der Waals surface area contributed by atoms with Gasteiger partial charge in [-0.2, -0.15) is 0 Å². The lowest BCUT2D eigenvalue weighted by molar-refractivity contribution is -0.135. The number of carbonyl (C=O) groups is 2. The van der Waals surface area contributed by atoms with Crippen molar-refractivity contribution >= 4 is 30.0 Å². The van der Waals surface area contributed by atoms with Crippen LogP contribution in [0.4, 0.5) is 10.5 Å². The van der Waals surface area contributed by atoms with Gasteiger partial charge in [0.2, 0.25) is 5.91 Å². The monoisotopic (exact) mass is 416 g/mol. The minimum absolute atomic E-state index is 0. The van der Waals surface area contributed by atoms with Gasteiger partial charge in [0.1, 0.15) is 5.54 Å². The van der Waals surface area contributed by atoms with E-state index in [1.54, 1.807) is 26.0 Å². The van der Waals surface area contributed by atoms with Crippen LogP contribution in [0.2, 0.25) is 0 Å². The molecule has 2 aromatic carbocycles. The first kappa shape index (κ1) is 22.7. The Hall–Kier alpha value is -2.57. The highest BCUT2D eigenvalue weighted by atomic mass is 35.5. The predicted octanol–water partition coefficient (Wildman–Crippen LogP) is 3.21. The summed E-state index contributed by atoms with van der Waals surface area (Å²) in [7, 11) is 0. The molecule has 2 aromatic rings. The van der Waals surface area contributed by atoms with E-state index in [-0.39, 0.29) is 30.2 Å². The van der Waals surface area contributed by atoms with Crippen molar-refractivity contribution in [1.29, 1.82) is 0 Å². The van der Waals surface area contributed by atoms with E-state index in [0.717, 1.165) is 0 Å². The molecule has 1 aliphatic heterocycles. The number of amides is 3. The number of urea groups is 1. The first-order valence-electron chi connectivity index (χ1n) is 9.59. The van der Waals surface area contributed by atoms with Crippen LogP contribution in [0.5, 0.6) is 0 Å². The molecule has 3 rings (SSSR count). The molecule has 0 bridgehead atoms. The second-order valence-electron chi connectivity index (χ2n) is 7.79. The van der Waals surface area contributed by atoms with Crippen LogP contribution in [0.1, 0.15) is 25.3 Å². The smallest absolute Gasteiger partial charge is 0.320 e. The number of likely N-dealkylation sites (tertiary alicyclic amines) is 1. The third kappa shape index (κ3) is 5.49. The number of para-hydroxylation sites is 1. The topological polar surface area (TPSA) is 87.5 Å². The Labute approximate surface area is 178 Å². The molecular weight excluding hydrogens is 388 g/mol. The van der Waals surface area contributed by atoms with Crippen molar-refractivity contribution in [2.45, 2.75) is 25.3 Å². The summed E-state index contributed by atoms with van der Waals surface area (Å²) in [5.41, 5.74) is 6.83. The number of hydrogen-bond acceptors (Lipinski definition) is 3. The molecule has 2 atom stereocenters. The van der Waals surface area contributed by atoms with Gasteiger partial charge >= 0.3 is 6.03 Å². The second kappa shape index (κ2) is 9.76. The van der Waals surface area contributed by atoms with Crippen molar-refractivity contribution in [3.63, 3.8) is 0 Å². The summed E-state index contributed by atoms with van der Waals surface area (Å²) in [5.74, 6) is 0.317. The largest absolute Gasteiger partial charge is 0.340 e. The van der Waals surface area contributed by atoms with Crippen LogP contribution in [-0.2, 0) is 4.79 Å². The second-order valence-corrected chi connectivity index (χ2v) is 7.79. The molecule has 156 valence electrons. The highest BCUT2D eigenvalue weighted by molar-refractivity contribution is 5.95. The van der Waals surface area contributed by atoms with Crippen LogP contribution >= 0.6 is 12.4 Å². The quantitative estimate of drug-likeness (QED) is 0.699. The molecule has 1 saturated heterocycles. The lowest BCUT2D eigenvalue weighted by atomic mass is 9.89. The summed E-state index contributed by atoms with van der Waals surface area (Å²) in [6.45, 7) is 5.18. The van der Waals surface area contributed by atoms with Gasteiger partial charge < -0.3 is 21.3 Å². The van der Waals surface area contributed by atoms with Crippen molar-refractivity contribution in [2.24, 2.45) is 11.7 Å². The number of halogens is 1. The molecule has 0 spiro atoms. The van der Waals surface area contributed by atoms with E-state index in [0.29, 0.717) is 25.3 Å². The lowest BCUT2D eigenvalue weighted by Gasteiger charge is -2.30. The Morgan fingerprint density at radius 1 is 1.03 bits per heavy atom. The molecule has 3 amide bonds. The van der Waals surface area contributed by atoms with Gasteiger partial charge in [0.25, 0.3) is 0 Å². The van der Waals surface area contributed by atoms with E-state index in [9.17, 15) is 9.59 Å². The van der Waals surface area contributed by atoms with Crippen molar-refractivity contribution in [1.82, 2.24) is 10.2 Å². The first-order chi connectivity index (χ1) is 13.4. The average molecular weight is 417 g/mol. The van der Waals surface area contributed by atoms with Crippen molar-refractivity contribution < 1.29 is 9.59 Å². The third-order valence-electron chi connectivity index (χ3n) is 5.25. The number of nitrogens with two attached hydrogens (primary N) is 1. The summed E-state index contributed by atoms with van der Waals surface area (Å²) in [6.07, 6.45) is 0. The molecule has 6 nitrogen and oxygen atoms in total. The van der Waals surface area contributed by atoms with Gasteiger partial charge in [-0.3, -0.25) is 4.79 Å². The summed E-state index contributed by atoms with van der Waals surface area (Å²) < 4.78 is 0. The summed E-state index contributed by atoms with van der Waals surface area (Å²) >= 11 is 0. The normalized spacial score (nSPS) is 18.7. The molecular formula is C22H29ClN4O2. The highest BCUT2D eigenvalue weighted by Crippen LogP contribution is 2.33. The molecule has 1 aliphatic rings. The summed E-state index contributed by atoms with van der Waals surface area (Å²) in [4.78, 5) is 27.3. The van der Waals surface area contributed by atoms with E-state index < -0.39 is 11.6 Å². The fourth-order valence-electron chi connectivity index (χ4n) is 3.77. The average Bonchev–Trinajstić information content (AvgIpc) is 3.12. The zero-order valence-electron chi connectivity index (χ0n) is 16.8. The van der Waals surface area contributed by atoms with Gasteiger partial charge in [-0.05, 0) is 44.0 Å². The lowest BCUT2D eigenvalue weighted by Crippen LogP contribution is -2.56. The Bertz CT molecular complexity index is 814.